The molecule has 1 heterocycles. The molecule has 2 N–H and O–H groups in total. The van der Waals surface area contributed by atoms with Gasteiger partial charge in [-0.3, -0.25) is 0 Å². The molecule has 0 aliphatic rings. The molecule has 3 rings (SSSR count). The van der Waals surface area contributed by atoms with E-state index in [0.29, 0.717) is 40.1 Å². The third kappa shape index (κ3) is 3.21. The van der Waals surface area contributed by atoms with E-state index in [4.69, 9.17) is 16.3 Å². The van der Waals surface area contributed by atoms with Gasteiger partial charge in [-0.25, -0.2) is 14.4 Å². The van der Waals surface area contributed by atoms with Crippen LogP contribution in [0, 0.1) is 5.82 Å². The van der Waals surface area contributed by atoms with E-state index in [0.717, 1.165) is 0 Å². The van der Waals surface area contributed by atoms with Crippen molar-refractivity contribution in [3.05, 3.63) is 59.7 Å². The minimum atomic E-state index is -0.505. The van der Waals surface area contributed by atoms with Gasteiger partial charge in [-0.05, 0) is 24.6 Å². The summed E-state index contributed by atoms with van der Waals surface area (Å²) >= 11 is 5.83. The summed E-state index contributed by atoms with van der Waals surface area (Å²) in [4.78, 5) is 8.49. The number of anilines is 2. The van der Waals surface area contributed by atoms with Gasteiger partial charge in [-0.15, -0.1) is 6.58 Å². The van der Waals surface area contributed by atoms with Crippen molar-refractivity contribution in [1.82, 2.24) is 9.97 Å². The van der Waals surface area contributed by atoms with E-state index in [-0.39, 0.29) is 10.8 Å². The number of hydrogen-bond donors (Lipinski definition) is 2. The number of halogens is 2. The Bertz CT molecular complexity index is 963. The van der Waals surface area contributed by atoms with Gasteiger partial charge in [0.05, 0.1) is 23.0 Å². The standard InChI is InChI=1S/C18H15ClFN3O2/c1-3-4-11-16-14(8-15(25-2)17(11)24)21-9-22-18(16)23-10-5-6-13(20)12(19)7-10/h3,5-9,24H,1,4H2,2H3,(H,21,22,23). The van der Waals surface area contributed by atoms with Gasteiger partial charge in [0.1, 0.15) is 18.0 Å². The monoisotopic (exact) mass is 359 g/mol. The van der Waals surface area contributed by atoms with Gasteiger partial charge in [-0.2, -0.15) is 0 Å². The smallest absolute Gasteiger partial charge is 0.162 e. The number of fused-ring (bicyclic) bond motifs is 1. The molecule has 3 aromatic rings. The molecule has 5 nitrogen and oxygen atoms in total. The van der Waals surface area contributed by atoms with Crippen LogP contribution in [-0.2, 0) is 6.42 Å². The van der Waals surface area contributed by atoms with E-state index in [2.05, 4.69) is 21.9 Å². The number of nitrogens with one attached hydrogen (secondary N) is 1. The summed E-state index contributed by atoms with van der Waals surface area (Å²) in [7, 11) is 1.47. The first-order chi connectivity index (χ1) is 12.0. The van der Waals surface area contributed by atoms with Gasteiger partial charge in [0, 0.05) is 17.3 Å². The second-order valence-electron chi connectivity index (χ2n) is 5.27. The van der Waals surface area contributed by atoms with Crippen molar-refractivity contribution in [2.75, 3.05) is 12.4 Å². The SMILES string of the molecule is C=CCc1c(O)c(OC)cc2ncnc(Nc3ccc(F)c(Cl)c3)c12. The molecule has 2 aromatic carbocycles. The molecule has 0 saturated heterocycles. The maximum atomic E-state index is 13.3. The number of ether oxygens (including phenoxy) is 1. The Balaban J connectivity index is 2.19. The van der Waals surface area contributed by atoms with Crippen LogP contribution >= 0.6 is 11.6 Å². The molecule has 0 aliphatic carbocycles. The van der Waals surface area contributed by atoms with Crippen LogP contribution in [0.3, 0.4) is 0 Å². The van der Waals surface area contributed by atoms with Crippen molar-refractivity contribution < 1.29 is 14.2 Å². The van der Waals surface area contributed by atoms with Crippen molar-refractivity contribution >= 4 is 34.0 Å². The summed E-state index contributed by atoms with van der Waals surface area (Å²) < 4.78 is 18.6. The zero-order valence-corrected chi connectivity index (χ0v) is 14.1. The highest BCUT2D eigenvalue weighted by molar-refractivity contribution is 6.31. The molecule has 0 bridgehead atoms. The maximum absolute atomic E-state index is 13.3. The van der Waals surface area contributed by atoms with Crippen LogP contribution in [-0.4, -0.2) is 22.2 Å². The Morgan fingerprint density at radius 1 is 1.36 bits per heavy atom. The normalized spacial score (nSPS) is 10.7. The number of rotatable bonds is 5. The average Bonchev–Trinajstić information content (AvgIpc) is 2.60. The fraction of sp³-hybridized carbons (Fsp3) is 0.111. The highest BCUT2D eigenvalue weighted by atomic mass is 35.5. The quantitative estimate of drug-likeness (QED) is 0.651. The lowest BCUT2D eigenvalue weighted by Gasteiger charge is -2.15. The van der Waals surface area contributed by atoms with Gasteiger partial charge in [-0.1, -0.05) is 17.7 Å². The predicted molar refractivity (Wildman–Crippen MR) is 96.3 cm³/mol. The van der Waals surface area contributed by atoms with Crippen LogP contribution in [0.25, 0.3) is 10.9 Å². The zero-order valence-electron chi connectivity index (χ0n) is 13.4. The molecule has 1 aromatic heterocycles. The third-order valence-electron chi connectivity index (χ3n) is 3.72. The van der Waals surface area contributed by atoms with Crippen LogP contribution in [0.4, 0.5) is 15.9 Å². The van der Waals surface area contributed by atoms with E-state index in [9.17, 15) is 9.50 Å². The number of aromatic hydroxyl groups is 1. The van der Waals surface area contributed by atoms with E-state index in [1.807, 2.05) is 0 Å². The number of allylic oxidation sites excluding steroid dienone is 1. The molecule has 7 heteroatoms. The van der Waals surface area contributed by atoms with Crippen molar-refractivity contribution in [3.8, 4) is 11.5 Å². The van der Waals surface area contributed by atoms with E-state index in [1.165, 1.54) is 25.6 Å². The lowest BCUT2D eigenvalue weighted by Crippen LogP contribution is -2.00. The lowest BCUT2D eigenvalue weighted by molar-refractivity contribution is 0.372. The summed E-state index contributed by atoms with van der Waals surface area (Å²) in [5.41, 5.74) is 1.74. The highest BCUT2D eigenvalue weighted by Crippen LogP contribution is 2.39. The Morgan fingerprint density at radius 3 is 2.84 bits per heavy atom. The van der Waals surface area contributed by atoms with Crippen molar-refractivity contribution in [1.29, 1.82) is 0 Å². The molecule has 25 heavy (non-hydrogen) atoms. The van der Waals surface area contributed by atoms with Gasteiger partial charge < -0.3 is 15.2 Å². The largest absolute Gasteiger partial charge is 0.504 e. The second kappa shape index (κ2) is 6.94. The molecular formula is C18H15ClFN3O2. The summed E-state index contributed by atoms with van der Waals surface area (Å²) in [5, 5.41) is 14.2. The Labute approximate surface area is 148 Å². The molecule has 0 spiro atoms. The highest BCUT2D eigenvalue weighted by Gasteiger charge is 2.17. The molecule has 0 fully saturated rings. The molecular weight excluding hydrogens is 345 g/mol. The molecule has 0 radical (unpaired) electrons. The van der Waals surface area contributed by atoms with E-state index < -0.39 is 5.82 Å². The first-order valence-electron chi connectivity index (χ1n) is 7.41. The Morgan fingerprint density at radius 2 is 2.16 bits per heavy atom. The average molecular weight is 360 g/mol. The fourth-order valence-corrected chi connectivity index (χ4v) is 2.75. The fourth-order valence-electron chi connectivity index (χ4n) is 2.57. The van der Waals surface area contributed by atoms with Crippen LogP contribution in [0.2, 0.25) is 5.02 Å². The third-order valence-corrected chi connectivity index (χ3v) is 4.01. The number of phenolic OH excluding ortho intramolecular Hbond substituents is 1. The molecule has 0 unspecified atom stereocenters. The number of nitrogens with zero attached hydrogens (tertiary/aromatic N) is 2. The molecule has 0 atom stereocenters. The minimum absolute atomic E-state index is 0.000747. The first kappa shape index (κ1) is 17.0. The maximum Gasteiger partial charge on any atom is 0.162 e. The van der Waals surface area contributed by atoms with Crippen molar-refractivity contribution in [2.45, 2.75) is 6.42 Å². The summed E-state index contributed by atoms with van der Waals surface area (Å²) in [6, 6.07) is 5.90. The van der Waals surface area contributed by atoms with Gasteiger partial charge in [0.2, 0.25) is 0 Å². The molecule has 0 aliphatic heterocycles. The minimum Gasteiger partial charge on any atom is -0.504 e. The Hall–Kier alpha value is -2.86. The molecule has 0 amide bonds. The van der Waals surface area contributed by atoms with Crippen LogP contribution in [0.1, 0.15) is 5.56 Å². The topological polar surface area (TPSA) is 67.3 Å². The number of phenols is 1. The predicted octanol–water partition coefficient (Wildman–Crippen LogP) is 4.61. The molecule has 128 valence electrons. The van der Waals surface area contributed by atoms with Crippen LogP contribution in [0.5, 0.6) is 11.5 Å². The summed E-state index contributed by atoms with van der Waals surface area (Å²) in [6.45, 7) is 3.72. The van der Waals surface area contributed by atoms with Crippen LogP contribution in [0.15, 0.2) is 43.2 Å². The van der Waals surface area contributed by atoms with Gasteiger partial charge in [0.15, 0.2) is 11.5 Å². The summed E-state index contributed by atoms with van der Waals surface area (Å²) in [5.74, 6) is 0.278. The summed E-state index contributed by atoms with van der Waals surface area (Å²) in [6.07, 6.45) is 3.45. The van der Waals surface area contributed by atoms with Gasteiger partial charge in [0.25, 0.3) is 0 Å². The lowest BCUT2D eigenvalue weighted by atomic mass is 10.0. The van der Waals surface area contributed by atoms with Crippen molar-refractivity contribution in [3.63, 3.8) is 0 Å². The van der Waals surface area contributed by atoms with E-state index in [1.54, 1.807) is 18.2 Å². The number of aromatic nitrogens is 2. The van der Waals surface area contributed by atoms with E-state index >= 15 is 0 Å². The number of hydrogen-bond acceptors (Lipinski definition) is 5. The van der Waals surface area contributed by atoms with Crippen molar-refractivity contribution in [2.24, 2.45) is 0 Å². The first-order valence-corrected chi connectivity index (χ1v) is 7.79. The van der Waals surface area contributed by atoms with Gasteiger partial charge >= 0.3 is 0 Å². The second-order valence-corrected chi connectivity index (χ2v) is 5.68. The van der Waals surface area contributed by atoms with Crippen LogP contribution < -0.4 is 10.1 Å². The Kier molecular flexibility index (Phi) is 4.72. The molecule has 0 saturated carbocycles. The number of methoxy groups -OCH3 is 1. The number of benzene rings is 2. The zero-order chi connectivity index (χ0) is 18.0.